The largest absolute Gasteiger partial charge is 0.481 e. The van der Waals surface area contributed by atoms with Crippen molar-refractivity contribution < 1.29 is 29.3 Å². The van der Waals surface area contributed by atoms with Crippen molar-refractivity contribution in [1.29, 1.82) is 0 Å². The van der Waals surface area contributed by atoms with Crippen LogP contribution in [0.1, 0.15) is 37.4 Å². The van der Waals surface area contributed by atoms with Gasteiger partial charge in [-0.2, -0.15) is 4.98 Å². The summed E-state index contributed by atoms with van der Waals surface area (Å²) < 4.78 is 10.5. The molecule has 0 saturated heterocycles. The molecule has 3 aromatic heterocycles. The molecule has 12 heteroatoms. The topological polar surface area (TPSA) is 156 Å². The van der Waals surface area contributed by atoms with E-state index < -0.39 is 18.3 Å². The summed E-state index contributed by atoms with van der Waals surface area (Å²) in [5.74, 6) is 0.909. The van der Waals surface area contributed by atoms with Crippen LogP contribution in [0.25, 0.3) is 11.0 Å². The van der Waals surface area contributed by atoms with E-state index >= 15 is 0 Å². The summed E-state index contributed by atoms with van der Waals surface area (Å²) in [4.78, 5) is 37.7. The van der Waals surface area contributed by atoms with Crippen LogP contribution < -0.4 is 20.1 Å². The summed E-state index contributed by atoms with van der Waals surface area (Å²) in [5.41, 5.74) is 1.58. The normalized spacial score (nSPS) is 20.9. The van der Waals surface area contributed by atoms with Crippen LogP contribution in [-0.2, 0) is 4.79 Å². The van der Waals surface area contributed by atoms with Gasteiger partial charge in [-0.25, -0.2) is 9.78 Å². The van der Waals surface area contributed by atoms with E-state index in [2.05, 4.69) is 25.6 Å². The predicted octanol–water partition coefficient (Wildman–Crippen LogP) is 2.82. The van der Waals surface area contributed by atoms with Crippen LogP contribution in [0, 0.1) is 5.92 Å². The molecule has 0 spiro atoms. The summed E-state index contributed by atoms with van der Waals surface area (Å²) in [5, 5.41) is 27.5. The highest BCUT2D eigenvalue weighted by molar-refractivity contribution is 8.00. The van der Waals surface area contributed by atoms with Crippen LogP contribution in [0.5, 0.6) is 11.8 Å². The Morgan fingerprint density at radius 2 is 1.89 bits per heavy atom. The van der Waals surface area contributed by atoms with Crippen LogP contribution in [0.3, 0.4) is 0 Å². The van der Waals surface area contributed by atoms with Crippen molar-refractivity contribution in [1.82, 2.24) is 20.3 Å². The molecule has 5 rings (SSSR count). The molecule has 2 amide bonds. The average molecular weight is 526 g/mol. The summed E-state index contributed by atoms with van der Waals surface area (Å²) >= 11 is 1.38. The number of nitrogens with one attached hydrogen (secondary N) is 2. The Balaban J connectivity index is 1.16. The van der Waals surface area contributed by atoms with Crippen molar-refractivity contribution in [2.75, 3.05) is 18.2 Å². The van der Waals surface area contributed by atoms with Gasteiger partial charge < -0.3 is 30.3 Å². The second-order valence-corrected chi connectivity index (χ2v) is 10.1. The lowest BCUT2D eigenvalue weighted by Crippen LogP contribution is -2.41. The van der Waals surface area contributed by atoms with E-state index in [1.165, 1.54) is 18.9 Å². The number of carbonyl (C=O) groups is 2. The lowest BCUT2D eigenvalue weighted by atomic mass is 9.80. The highest BCUT2D eigenvalue weighted by atomic mass is 32.2. The third kappa shape index (κ3) is 5.60. The van der Waals surface area contributed by atoms with Gasteiger partial charge in [0.25, 0.3) is 0 Å². The molecule has 1 aliphatic carbocycles. The Morgan fingerprint density at radius 3 is 2.68 bits per heavy atom. The molecule has 0 radical (unpaired) electrons. The van der Waals surface area contributed by atoms with Gasteiger partial charge in [-0.15, -0.1) is 11.8 Å². The van der Waals surface area contributed by atoms with Crippen molar-refractivity contribution in [3.8, 4) is 11.8 Å². The van der Waals surface area contributed by atoms with Crippen LogP contribution in [0.15, 0.2) is 41.4 Å². The molecule has 0 bridgehead atoms. The van der Waals surface area contributed by atoms with E-state index in [0.29, 0.717) is 59.7 Å². The maximum absolute atomic E-state index is 12.4. The molecule has 2 aliphatic rings. The number of fused-ring (bicyclic) bond motifs is 2. The van der Waals surface area contributed by atoms with Gasteiger partial charge in [0.2, 0.25) is 17.7 Å². The fourth-order valence-electron chi connectivity index (χ4n) is 4.72. The van der Waals surface area contributed by atoms with Crippen molar-refractivity contribution in [2.45, 2.75) is 48.8 Å². The van der Waals surface area contributed by atoms with E-state index in [1.54, 1.807) is 36.5 Å². The zero-order valence-corrected chi connectivity index (χ0v) is 20.9. The first-order valence-electron chi connectivity index (χ1n) is 12.0. The number of aliphatic hydroxyl groups excluding tert-OH is 2. The Hall–Kier alpha value is -3.48. The molecule has 2 atom stereocenters. The van der Waals surface area contributed by atoms with Crippen LogP contribution in [0.4, 0.5) is 10.6 Å². The number of aliphatic hydroxyl groups is 2. The molecule has 4 heterocycles. The van der Waals surface area contributed by atoms with E-state index in [-0.39, 0.29) is 23.7 Å². The standard InChI is InChI=1S/C25H27N5O6S/c1-35-19-8-6-16-21(29-19)15(10-11-26-16)23(33)22(32)13-2-4-14(5-3-13)27-25(34)36-20-9-7-17-24(30-20)28-18(31)12-37-17/h6-11,13-14,22-23,32-33H,2-5,12H2,1H3,(H,27,34)(H,28,30,31)/t13?,14?,22-,23-/m1/s1. The molecule has 194 valence electrons. The number of ether oxygens (including phenoxy) is 2. The van der Waals surface area contributed by atoms with E-state index in [9.17, 15) is 19.8 Å². The third-order valence-corrected chi connectivity index (χ3v) is 7.71. The molecule has 1 aliphatic heterocycles. The number of rotatable bonds is 6. The summed E-state index contributed by atoms with van der Waals surface area (Å²) in [7, 11) is 1.51. The zero-order valence-electron chi connectivity index (χ0n) is 20.1. The van der Waals surface area contributed by atoms with Crippen molar-refractivity contribution in [3.63, 3.8) is 0 Å². The van der Waals surface area contributed by atoms with E-state index in [4.69, 9.17) is 9.47 Å². The second kappa shape index (κ2) is 10.9. The number of hydrogen-bond acceptors (Lipinski definition) is 10. The minimum atomic E-state index is -1.14. The molecule has 0 unspecified atom stereocenters. The number of amides is 2. The van der Waals surface area contributed by atoms with Gasteiger partial charge in [0.1, 0.15) is 11.9 Å². The molecule has 1 saturated carbocycles. The Morgan fingerprint density at radius 1 is 1.11 bits per heavy atom. The first-order valence-corrected chi connectivity index (χ1v) is 13.0. The Labute approximate surface area is 217 Å². The van der Waals surface area contributed by atoms with Crippen molar-refractivity contribution >= 4 is 40.6 Å². The lowest BCUT2D eigenvalue weighted by molar-refractivity contribution is -0.113. The number of thioether (sulfide) groups is 1. The van der Waals surface area contributed by atoms with Gasteiger partial charge in [-0.05, 0) is 49.8 Å². The number of nitrogens with zero attached hydrogens (tertiary/aromatic N) is 3. The Kier molecular flexibility index (Phi) is 7.40. The van der Waals surface area contributed by atoms with Gasteiger partial charge in [-0.3, -0.25) is 9.78 Å². The number of methoxy groups -OCH3 is 1. The molecule has 37 heavy (non-hydrogen) atoms. The average Bonchev–Trinajstić information content (AvgIpc) is 2.91. The maximum atomic E-state index is 12.4. The molecule has 11 nitrogen and oxygen atoms in total. The van der Waals surface area contributed by atoms with Crippen molar-refractivity contribution in [2.24, 2.45) is 5.92 Å². The fraction of sp³-hybridized carbons (Fsp3) is 0.400. The molecule has 4 N–H and O–H groups in total. The quantitative estimate of drug-likeness (QED) is 0.377. The highest BCUT2D eigenvalue weighted by Crippen LogP contribution is 2.35. The number of hydrogen-bond donors (Lipinski definition) is 4. The van der Waals surface area contributed by atoms with Gasteiger partial charge in [0.15, 0.2) is 0 Å². The van der Waals surface area contributed by atoms with Crippen molar-refractivity contribution in [3.05, 3.63) is 42.1 Å². The van der Waals surface area contributed by atoms with Gasteiger partial charge in [-0.1, -0.05) is 0 Å². The second-order valence-electron chi connectivity index (χ2n) is 9.04. The van der Waals surface area contributed by atoms with Crippen LogP contribution >= 0.6 is 11.8 Å². The number of aromatic nitrogens is 3. The first-order chi connectivity index (χ1) is 17.9. The smallest absolute Gasteiger partial charge is 0.414 e. The van der Waals surface area contributed by atoms with Crippen LogP contribution in [0.2, 0.25) is 0 Å². The molecular formula is C25H27N5O6S. The number of anilines is 1. The first kappa shape index (κ1) is 25.2. The minimum absolute atomic E-state index is 0.0982. The maximum Gasteiger partial charge on any atom is 0.414 e. The summed E-state index contributed by atoms with van der Waals surface area (Å²) in [6.07, 6.45) is 1.28. The Bertz CT molecular complexity index is 1320. The van der Waals surface area contributed by atoms with Gasteiger partial charge >= 0.3 is 6.09 Å². The van der Waals surface area contributed by atoms with E-state index in [1.807, 2.05) is 0 Å². The molecule has 3 aromatic rings. The monoisotopic (exact) mass is 525 g/mol. The third-order valence-electron chi connectivity index (χ3n) is 6.66. The number of carbonyl (C=O) groups excluding carboxylic acids is 2. The highest BCUT2D eigenvalue weighted by Gasteiger charge is 2.33. The van der Waals surface area contributed by atoms with E-state index in [0.717, 1.165) is 4.90 Å². The zero-order chi connectivity index (χ0) is 25.9. The summed E-state index contributed by atoms with van der Waals surface area (Å²) in [6, 6.07) is 8.32. The molecule has 1 fully saturated rings. The molecule has 0 aromatic carbocycles. The number of pyridine rings is 3. The van der Waals surface area contributed by atoms with Gasteiger partial charge in [0.05, 0.1) is 34.9 Å². The fourth-order valence-corrected chi connectivity index (χ4v) is 5.48. The SMILES string of the molecule is COc1ccc2nccc([C@@H](O)[C@H](O)C3CCC(NC(=O)Oc4ccc5c(n4)NC(=O)CS5)CC3)c2n1. The predicted molar refractivity (Wildman–Crippen MR) is 136 cm³/mol. The lowest BCUT2D eigenvalue weighted by Gasteiger charge is -2.33. The molecular weight excluding hydrogens is 498 g/mol. The summed E-state index contributed by atoms with van der Waals surface area (Å²) in [6.45, 7) is 0. The minimum Gasteiger partial charge on any atom is -0.481 e. The van der Waals surface area contributed by atoms with Gasteiger partial charge in [0, 0.05) is 29.9 Å². The van der Waals surface area contributed by atoms with Crippen LogP contribution in [-0.4, -0.2) is 62.2 Å².